The van der Waals surface area contributed by atoms with E-state index in [1.807, 2.05) is 13.8 Å². The fourth-order valence-electron chi connectivity index (χ4n) is 0.696. The molecule has 0 spiro atoms. The van der Waals surface area contributed by atoms with E-state index in [9.17, 15) is 4.79 Å². The van der Waals surface area contributed by atoms with Crippen LogP contribution in [-0.2, 0) is 0 Å². The molecule has 4 nitrogen and oxygen atoms in total. The molecule has 0 amide bonds. The summed E-state index contributed by atoms with van der Waals surface area (Å²) >= 11 is 0. The van der Waals surface area contributed by atoms with E-state index < -0.39 is 0 Å². The Bertz CT molecular complexity index is 295. The van der Waals surface area contributed by atoms with Gasteiger partial charge < -0.3 is 9.72 Å². The molecule has 4 heteroatoms. The van der Waals surface area contributed by atoms with Crippen molar-refractivity contribution in [3.05, 3.63) is 22.7 Å². The number of hydrogen-bond acceptors (Lipinski definition) is 3. The molecule has 1 aromatic heterocycles. The minimum atomic E-state index is -0.280. The van der Waals surface area contributed by atoms with Crippen LogP contribution in [0.25, 0.3) is 0 Å². The van der Waals surface area contributed by atoms with Gasteiger partial charge in [-0.25, -0.2) is 4.98 Å². The summed E-state index contributed by atoms with van der Waals surface area (Å²) in [5.41, 5.74) is -0.280. The predicted octanol–water partition coefficient (Wildman–Crippen LogP) is 0.947. The highest BCUT2D eigenvalue weighted by molar-refractivity contribution is 5.02. The molecular weight excluding hydrogens is 156 g/mol. The van der Waals surface area contributed by atoms with Crippen molar-refractivity contribution in [3.63, 3.8) is 0 Å². The average molecular weight is 168 g/mol. The molecule has 0 aliphatic carbocycles. The SMILES string of the molecule is CCC(C)Oc1ncc[nH]c1=O. The van der Waals surface area contributed by atoms with Crippen molar-refractivity contribution in [2.24, 2.45) is 0 Å². The van der Waals surface area contributed by atoms with Crippen LogP contribution >= 0.6 is 0 Å². The highest BCUT2D eigenvalue weighted by Gasteiger charge is 2.04. The summed E-state index contributed by atoms with van der Waals surface area (Å²) < 4.78 is 5.24. The topological polar surface area (TPSA) is 55.0 Å². The van der Waals surface area contributed by atoms with Crippen LogP contribution in [0.4, 0.5) is 0 Å². The maximum atomic E-state index is 11.0. The second-order valence-corrected chi connectivity index (χ2v) is 2.56. The molecule has 1 rings (SSSR count). The van der Waals surface area contributed by atoms with E-state index in [4.69, 9.17) is 4.74 Å². The van der Waals surface area contributed by atoms with Crippen molar-refractivity contribution >= 4 is 0 Å². The van der Waals surface area contributed by atoms with Gasteiger partial charge in [0.15, 0.2) is 0 Å². The zero-order valence-electron chi connectivity index (χ0n) is 7.20. The van der Waals surface area contributed by atoms with E-state index in [2.05, 4.69) is 9.97 Å². The lowest BCUT2D eigenvalue weighted by molar-refractivity contribution is 0.205. The summed E-state index contributed by atoms with van der Waals surface area (Å²) in [6.07, 6.45) is 3.86. The van der Waals surface area contributed by atoms with E-state index in [1.54, 1.807) is 0 Å². The quantitative estimate of drug-likeness (QED) is 0.731. The third-order valence-electron chi connectivity index (χ3n) is 1.56. The Labute approximate surface area is 70.6 Å². The highest BCUT2D eigenvalue weighted by atomic mass is 16.5. The molecule has 0 saturated carbocycles. The lowest BCUT2D eigenvalue weighted by Crippen LogP contribution is -2.18. The van der Waals surface area contributed by atoms with Gasteiger partial charge in [0.1, 0.15) is 0 Å². The highest BCUT2D eigenvalue weighted by Crippen LogP contribution is 2.01. The molecule has 0 aliphatic rings. The van der Waals surface area contributed by atoms with Gasteiger partial charge in [-0.1, -0.05) is 6.92 Å². The molecule has 66 valence electrons. The predicted molar refractivity (Wildman–Crippen MR) is 45.2 cm³/mol. The number of rotatable bonds is 3. The van der Waals surface area contributed by atoms with E-state index in [1.165, 1.54) is 12.4 Å². The van der Waals surface area contributed by atoms with Gasteiger partial charge in [0.05, 0.1) is 6.10 Å². The fourth-order valence-corrected chi connectivity index (χ4v) is 0.696. The maximum Gasteiger partial charge on any atom is 0.310 e. The Kier molecular flexibility index (Phi) is 2.85. The third kappa shape index (κ3) is 2.08. The molecule has 1 heterocycles. The van der Waals surface area contributed by atoms with E-state index >= 15 is 0 Å². The van der Waals surface area contributed by atoms with Crippen LogP contribution in [0.1, 0.15) is 20.3 Å². The maximum absolute atomic E-state index is 11.0. The molecule has 0 radical (unpaired) electrons. The van der Waals surface area contributed by atoms with Gasteiger partial charge in [-0.3, -0.25) is 4.79 Å². The molecular formula is C8H12N2O2. The van der Waals surface area contributed by atoms with Crippen molar-refractivity contribution in [1.82, 2.24) is 9.97 Å². The third-order valence-corrected chi connectivity index (χ3v) is 1.56. The Balaban J connectivity index is 2.76. The molecule has 1 unspecified atom stereocenters. The number of nitrogens with one attached hydrogen (secondary N) is 1. The Morgan fingerprint density at radius 2 is 2.50 bits per heavy atom. The summed E-state index contributed by atoms with van der Waals surface area (Å²) in [6, 6.07) is 0. The molecule has 0 fully saturated rings. The summed E-state index contributed by atoms with van der Waals surface area (Å²) in [4.78, 5) is 17.3. The van der Waals surface area contributed by atoms with E-state index in [-0.39, 0.29) is 17.5 Å². The Hall–Kier alpha value is -1.32. The van der Waals surface area contributed by atoms with Gasteiger partial charge in [0, 0.05) is 12.4 Å². The average Bonchev–Trinajstić information content (AvgIpc) is 2.09. The standard InChI is InChI=1S/C8H12N2O2/c1-3-6(2)12-8-7(11)9-4-5-10-8/h4-6H,3H2,1-2H3,(H,9,11). The largest absolute Gasteiger partial charge is 0.471 e. The summed E-state index contributed by atoms with van der Waals surface area (Å²) in [5.74, 6) is 0.145. The van der Waals surface area contributed by atoms with Crippen LogP contribution in [0.3, 0.4) is 0 Å². The number of hydrogen-bond donors (Lipinski definition) is 1. The van der Waals surface area contributed by atoms with Gasteiger partial charge in [-0.2, -0.15) is 0 Å². The normalized spacial score (nSPS) is 12.5. The van der Waals surface area contributed by atoms with Gasteiger partial charge in [0.2, 0.25) is 0 Å². The van der Waals surface area contributed by atoms with E-state index in [0.717, 1.165) is 6.42 Å². The lowest BCUT2D eigenvalue weighted by Gasteiger charge is -2.09. The number of nitrogens with zero attached hydrogens (tertiary/aromatic N) is 1. The molecule has 0 aliphatic heterocycles. The first-order valence-electron chi connectivity index (χ1n) is 3.94. The minimum Gasteiger partial charge on any atom is -0.471 e. The summed E-state index contributed by atoms with van der Waals surface area (Å²) in [6.45, 7) is 3.88. The fraction of sp³-hybridized carbons (Fsp3) is 0.500. The van der Waals surface area contributed by atoms with Gasteiger partial charge >= 0.3 is 5.56 Å². The van der Waals surface area contributed by atoms with Crippen LogP contribution < -0.4 is 10.3 Å². The van der Waals surface area contributed by atoms with Crippen LogP contribution in [0.5, 0.6) is 5.88 Å². The Morgan fingerprint density at radius 1 is 1.75 bits per heavy atom. The second-order valence-electron chi connectivity index (χ2n) is 2.56. The van der Waals surface area contributed by atoms with Crippen LogP contribution in [0, 0.1) is 0 Å². The number of aromatic amines is 1. The zero-order valence-corrected chi connectivity index (χ0v) is 7.20. The van der Waals surface area contributed by atoms with Crippen molar-refractivity contribution in [2.45, 2.75) is 26.4 Å². The van der Waals surface area contributed by atoms with Crippen LogP contribution in [-0.4, -0.2) is 16.1 Å². The summed E-state index contributed by atoms with van der Waals surface area (Å²) in [7, 11) is 0. The van der Waals surface area contributed by atoms with Crippen molar-refractivity contribution in [1.29, 1.82) is 0 Å². The van der Waals surface area contributed by atoms with Crippen molar-refractivity contribution in [3.8, 4) is 5.88 Å². The first-order valence-corrected chi connectivity index (χ1v) is 3.94. The first kappa shape index (κ1) is 8.77. The molecule has 1 N–H and O–H groups in total. The molecule has 1 atom stereocenters. The number of ether oxygens (including phenoxy) is 1. The molecule has 0 aromatic carbocycles. The number of H-pyrrole nitrogens is 1. The zero-order chi connectivity index (χ0) is 8.97. The molecule has 0 saturated heterocycles. The monoisotopic (exact) mass is 168 g/mol. The molecule has 1 aromatic rings. The smallest absolute Gasteiger partial charge is 0.310 e. The summed E-state index contributed by atoms with van der Waals surface area (Å²) in [5, 5.41) is 0. The van der Waals surface area contributed by atoms with Gasteiger partial charge in [-0.15, -0.1) is 0 Å². The van der Waals surface area contributed by atoms with Crippen LogP contribution in [0.2, 0.25) is 0 Å². The van der Waals surface area contributed by atoms with Gasteiger partial charge in [0.25, 0.3) is 5.88 Å². The van der Waals surface area contributed by atoms with E-state index in [0.29, 0.717) is 0 Å². The minimum absolute atomic E-state index is 0.0287. The van der Waals surface area contributed by atoms with Crippen molar-refractivity contribution in [2.75, 3.05) is 0 Å². The molecule has 12 heavy (non-hydrogen) atoms. The van der Waals surface area contributed by atoms with Crippen LogP contribution in [0.15, 0.2) is 17.2 Å². The van der Waals surface area contributed by atoms with Crippen molar-refractivity contribution < 1.29 is 4.74 Å². The van der Waals surface area contributed by atoms with Gasteiger partial charge in [-0.05, 0) is 13.3 Å². The lowest BCUT2D eigenvalue weighted by atomic mass is 10.3. The second kappa shape index (κ2) is 3.90. The Morgan fingerprint density at radius 3 is 3.08 bits per heavy atom. The first-order chi connectivity index (χ1) is 5.74. The number of aromatic nitrogens is 2. The molecule has 0 bridgehead atoms.